The van der Waals surface area contributed by atoms with Crippen molar-refractivity contribution in [3.05, 3.63) is 29.8 Å². The first-order chi connectivity index (χ1) is 13.2. The molecule has 1 aromatic carbocycles. The first kappa shape index (κ1) is 18.8. The van der Waals surface area contributed by atoms with E-state index in [1.54, 1.807) is 4.90 Å². The van der Waals surface area contributed by atoms with Crippen molar-refractivity contribution in [2.45, 2.75) is 57.1 Å². The molecule has 3 aliphatic rings. The van der Waals surface area contributed by atoms with E-state index in [1.165, 1.54) is 0 Å². The maximum Gasteiger partial charge on any atom is 0.410 e. The Labute approximate surface area is 165 Å². The molecule has 2 saturated heterocycles. The van der Waals surface area contributed by atoms with E-state index in [1.807, 2.05) is 49.9 Å². The minimum Gasteiger partial charge on any atom is -0.444 e. The Morgan fingerprint density at radius 1 is 1.18 bits per heavy atom. The maximum atomic E-state index is 13.5. The van der Waals surface area contributed by atoms with Crippen molar-refractivity contribution in [3.63, 3.8) is 0 Å². The van der Waals surface area contributed by atoms with E-state index in [-0.39, 0.29) is 23.9 Å². The van der Waals surface area contributed by atoms with Crippen LogP contribution in [0.15, 0.2) is 24.3 Å². The van der Waals surface area contributed by atoms with Crippen molar-refractivity contribution in [2.24, 2.45) is 0 Å². The molecule has 3 amide bonds. The van der Waals surface area contributed by atoms with Crippen LogP contribution in [0, 0.1) is 0 Å². The lowest BCUT2D eigenvalue weighted by Crippen LogP contribution is -2.52. The maximum absolute atomic E-state index is 13.5. The Kier molecular flexibility index (Phi) is 4.36. The van der Waals surface area contributed by atoms with E-state index in [4.69, 9.17) is 4.74 Å². The molecular formula is C21H27N3O4. The fourth-order valence-electron chi connectivity index (χ4n) is 4.56. The second-order valence-corrected chi connectivity index (χ2v) is 8.80. The predicted octanol–water partition coefficient (Wildman–Crippen LogP) is 2.19. The average molecular weight is 385 g/mol. The van der Waals surface area contributed by atoms with Gasteiger partial charge < -0.3 is 19.9 Å². The minimum absolute atomic E-state index is 0.0277. The van der Waals surface area contributed by atoms with Crippen molar-refractivity contribution in [1.82, 2.24) is 10.2 Å². The number of piperidine rings is 1. The summed E-state index contributed by atoms with van der Waals surface area (Å²) in [5, 5.41) is 2.83. The molecule has 7 heteroatoms. The molecule has 28 heavy (non-hydrogen) atoms. The highest BCUT2D eigenvalue weighted by molar-refractivity contribution is 6.22. The molecule has 7 nitrogen and oxygen atoms in total. The highest BCUT2D eigenvalue weighted by Gasteiger charge is 2.59. The summed E-state index contributed by atoms with van der Waals surface area (Å²) in [7, 11) is 0. The fourth-order valence-corrected chi connectivity index (χ4v) is 4.56. The van der Waals surface area contributed by atoms with Gasteiger partial charge in [-0.3, -0.25) is 9.59 Å². The number of carbonyl (C=O) groups is 3. The first-order valence-electron chi connectivity index (χ1n) is 9.93. The lowest BCUT2D eigenvalue weighted by molar-refractivity contribution is -0.133. The van der Waals surface area contributed by atoms with Gasteiger partial charge in [-0.1, -0.05) is 18.2 Å². The number of likely N-dealkylation sites (tertiary alicyclic amines) is 1. The molecule has 3 heterocycles. The van der Waals surface area contributed by atoms with Crippen LogP contribution in [0.25, 0.3) is 0 Å². The van der Waals surface area contributed by atoms with Crippen molar-refractivity contribution in [2.75, 3.05) is 24.5 Å². The summed E-state index contributed by atoms with van der Waals surface area (Å²) in [5.74, 6) is -0.321. The first-order valence-corrected chi connectivity index (χ1v) is 9.93. The smallest absolute Gasteiger partial charge is 0.410 e. The van der Waals surface area contributed by atoms with E-state index in [0.29, 0.717) is 38.9 Å². The molecule has 0 bridgehead atoms. The number of fused-ring (bicyclic) bond motifs is 2. The molecule has 1 atom stereocenters. The summed E-state index contributed by atoms with van der Waals surface area (Å²) >= 11 is 0. The molecule has 0 saturated carbocycles. The van der Waals surface area contributed by atoms with Gasteiger partial charge in [-0.2, -0.15) is 0 Å². The number of hydrogen-bond acceptors (Lipinski definition) is 4. The third-order valence-corrected chi connectivity index (χ3v) is 5.86. The molecule has 3 aliphatic heterocycles. The second kappa shape index (κ2) is 6.50. The van der Waals surface area contributed by atoms with E-state index in [2.05, 4.69) is 5.32 Å². The molecule has 0 aliphatic carbocycles. The largest absolute Gasteiger partial charge is 0.444 e. The zero-order valence-corrected chi connectivity index (χ0v) is 16.7. The van der Waals surface area contributed by atoms with Gasteiger partial charge in [0.25, 0.3) is 0 Å². The topological polar surface area (TPSA) is 79.0 Å². The SMILES string of the molecule is CC(C)(C)OC(=O)N1CCC(N2C(=O)C3(CCNC3=O)c3ccccc32)CC1. The number of rotatable bonds is 1. The van der Waals surface area contributed by atoms with Crippen LogP contribution in [0.1, 0.15) is 45.6 Å². The van der Waals surface area contributed by atoms with Crippen LogP contribution in [0.3, 0.4) is 0 Å². The van der Waals surface area contributed by atoms with Gasteiger partial charge in [-0.15, -0.1) is 0 Å². The molecule has 1 spiro atoms. The van der Waals surface area contributed by atoms with Gasteiger partial charge in [0, 0.05) is 36.9 Å². The molecule has 1 aromatic rings. The summed E-state index contributed by atoms with van der Waals surface area (Å²) in [6, 6.07) is 7.58. The van der Waals surface area contributed by atoms with Crippen molar-refractivity contribution < 1.29 is 19.1 Å². The molecule has 2 fully saturated rings. The Balaban J connectivity index is 1.54. The van der Waals surface area contributed by atoms with E-state index in [0.717, 1.165) is 11.3 Å². The third-order valence-electron chi connectivity index (χ3n) is 5.86. The number of carbonyl (C=O) groups excluding carboxylic acids is 3. The normalized spacial score (nSPS) is 25.2. The highest BCUT2D eigenvalue weighted by Crippen LogP contribution is 2.47. The lowest BCUT2D eigenvalue weighted by atomic mass is 9.80. The van der Waals surface area contributed by atoms with Crippen LogP contribution in [-0.2, 0) is 19.7 Å². The van der Waals surface area contributed by atoms with Gasteiger partial charge in [0.15, 0.2) is 5.41 Å². The summed E-state index contributed by atoms with van der Waals surface area (Å²) < 4.78 is 5.46. The standard InChI is InChI=1S/C21H27N3O4/c1-20(2,3)28-19(27)23-12-8-14(9-13-23)24-16-7-5-4-6-15(16)21(18(24)26)10-11-22-17(21)25/h4-7,14H,8-13H2,1-3H3,(H,22,25). The molecule has 0 radical (unpaired) electrons. The zero-order valence-electron chi connectivity index (χ0n) is 16.7. The average Bonchev–Trinajstić information content (AvgIpc) is 3.14. The van der Waals surface area contributed by atoms with Gasteiger partial charge >= 0.3 is 6.09 Å². The van der Waals surface area contributed by atoms with Crippen LogP contribution >= 0.6 is 0 Å². The zero-order chi connectivity index (χ0) is 20.1. The van der Waals surface area contributed by atoms with Gasteiger partial charge in [0.05, 0.1) is 0 Å². The van der Waals surface area contributed by atoms with Crippen molar-refractivity contribution in [1.29, 1.82) is 0 Å². The number of benzene rings is 1. The number of amides is 3. The van der Waals surface area contributed by atoms with Gasteiger partial charge in [-0.05, 0) is 46.1 Å². The number of nitrogens with zero attached hydrogens (tertiary/aromatic N) is 2. The summed E-state index contributed by atoms with van der Waals surface area (Å²) in [6.07, 6.45) is 1.51. The van der Waals surface area contributed by atoms with Crippen LogP contribution in [0.4, 0.5) is 10.5 Å². The molecule has 1 unspecified atom stereocenters. The van der Waals surface area contributed by atoms with E-state index in [9.17, 15) is 14.4 Å². The monoisotopic (exact) mass is 385 g/mol. The quantitative estimate of drug-likeness (QED) is 0.752. The summed E-state index contributed by atoms with van der Waals surface area (Å²) in [6.45, 7) is 7.13. The van der Waals surface area contributed by atoms with Crippen molar-refractivity contribution in [3.8, 4) is 0 Å². The van der Waals surface area contributed by atoms with E-state index >= 15 is 0 Å². The third kappa shape index (κ3) is 2.84. The van der Waals surface area contributed by atoms with Gasteiger partial charge in [0.2, 0.25) is 11.8 Å². The lowest BCUT2D eigenvalue weighted by Gasteiger charge is -2.38. The summed E-state index contributed by atoms with van der Waals surface area (Å²) in [4.78, 5) is 41.9. The van der Waals surface area contributed by atoms with Crippen molar-refractivity contribution >= 4 is 23.6 Å². The Bertz CT molecular complexity index is 823. The highest BCUT2D eigenvalue weighted by atomic mass is 16.6. The van der Waals surface area contributed by atoms with Crippen LogP contribution in [0.2, 0.25) is 0 Å². The van der Waals surface area contributed by atoms with Crippen LogP contribution in [0.5, 0.6) is 0 Å². The number of para-hydroxylation sites is 1. The molecule has 150 valence electrons. The van der Waals surface area contributed by atoms with Crippen LogP contribution in [-0.4, -0.2) is 54.1 Å². The van der Waals surface area contributed by atoms with E-state index < -0.39 is 11.0 Å². The van der Waals surface area contributed by atoms with Crippen LogP contribution < -0.4 is 10.2 Å². The number of hydrogen-bond donors (Lipinski definition) is 1. The Morgan fingerprint density at radius 3 is 2.46 bits per heavy atom. The Hall–Kier alpha value is -2.57. The number of anilines is 1. The molecule has 1 N–H and O–H groups in total. The number of nitrogens with one attached hydrogen (secondary N) is 1. The molecule has 0 aromatic heterocycles. The van der Waals surface area contributed by atoms with Gasteiger partial charge in [0.1, 0.15) is 5.60 Å². The second-order valence-electron chi connectivity index (χ2n) is 8.80. The Morgan fingerprint density at radius 2 is 1.86 bits per heavy atom. The van der Waals surface area contributed by atoms with Gasteiger partial charge in [-0.25, -0.2) is 4.79 Å². The number of ether oxygens (including phenoxy) is 1. The summed E-state index contributed by atoms with van der Waals surface area (Å²) in [5.41, 5.74) is 0.0312. The predicted molar refractivity (Wildman–Crippen MR) is 104 cm³/mol. The molecule has 4 rings (SSSR count). The fraction of sp³-hybridized carbons (Fsp3) is 0.571. The minimum atomic E-state index is -1.08. The molecular weight excluding hydrogens is 358 g/mol.